The topological polar surface area (TPSA) is 72.4 Å². The molecule has 0 unspecified atom stereocenters. The number of nitrogens with zero attached hydrogens (tertiary/aromatic N) is 3. The van der Waals surface area contributed by atoms with Crippen LogP contribution in [0.15, 0.2) is 31.8 Å². The lowest BCUT2D eigenvalue weighted by Gasteiger charge is -2.15. The Labute approximate surface area is 143 Å². The van der Waals surface area contributed by atoms with E-state index in [2.05, 4.69) is 10.1 Å². The first kappa shape index (κ1) is 15.1. The van der Waals surface area contributed by atoms with Gasteiger partial charge in [0.2, 0.25) is 0 Å². The molecular formula is C17H17N3O3S. The fourth-order valence-electron chi connectivity index (χ4n) is 3.07. The molecule has 124 valence electrons. The number of carbonyl (C=O) groups excluding carboxylic acids is 1. The molecule has 3 aromatic rings. The lowest BCUT2D eigenvalue weighted by Crippen LogP contribution is -2.28. The second-order valence-electron chi connectivity index (χ2n) is 6.03. The summed E-state index contributed by atoms with van der Waals surface area (Å²) in [5, 5.41) is 8.06. The van der Waals surface area contributed by atoms with Crippen LogP contribution in [0.2, 0.25) is 0 Å². The summed E-state index contributed by atoms with van der Waals surface area (Å²) >= 11 is 1.59. The maximum Gasteiger partial charge on any atom is 0.258 e. The molecule has 0 aromatic carbocycles. The summed E-state index contributed by atoms with van der Waals surface area (Å²) in [7, 11) is 0. The van der Waals surface area contributed by atoms with E-state index in [1.54, 1.807) is 17.4 Å². The number of amides is 1. The molecule has 7 heteroatoms. The molecule has 1 amide bonds. The van der Waals surface area contributed by atoms with E-state index in [0.29, 0.717) is 36.1 Å². The van der Waals surface area contributed by atoms with Gasteiger partial charge in [0, 0.05) is 24.4 Å². The van der Waals surface area contributed by atoms with Gasteiger partial charge in [0.05, 0.1) is 11.1 Å². The minimum Gasteiger partial charge on any atom is -0.466 e. The maximum absolute atomic E-state index is 12.7. The van der Waals surface area contributed by atoms with E-state index in [-0.39, 0.29) is 11.8 Å². The summed E-state index contributed by atoms with van der Waals surface area (Å²) in [6.45, 7) is 4.96. The number of hydrogen-bond acceptors (Lipinski definition) is 6. The molecule has 6 nitrogen and oxygen atoms in total. The summed E-state index contributed by atoms with van der Waals surface area (Å²) in [6, 6.07) is 3.75. The normalized spacial score (nSPS) is 17.6. The molecule has 1 atom stereocenters. The summed E-state index contributed by atoms with van der Waals surface area (Å²) in [5.74, 6) is 2.75. The van der Waals surface area contributed by atoms with Crippen molar-refractivity contribution in [1.82, 2.24) is 15.0 Å². The number of carbonyl (C=O) groups is 1. The van der Waals surface area contributed by atoms with E-state index in [9.17, 15) is 4.79 Å². The summed E-state index contributed by atoms with van der Waals surface area (Å²) in [6.07, 6.45) is 0.838. The van der Waals surface area contributed by atoms with Crippen LogP contribution in [-0.2, 0) is 0 Å². The van der Waals surface area contributed by atoms with Gasteiger partial charge in [-0.1, -0.05) is 5.16 Å². The standard InChI is InChI=1S/C17H17N3O3S/c1-10-7-14(11(2)22-10)17(21)20-5-3-12(8-20)15-18-16(23-19-15)13-4-6-24-9-13/h4,6-7,9,12H,3,5,8H2,1-2H3/t12-/m0/s1. The molecule has 1 aliphatic rings. The van der Waals surface area contributed by atoms with E-state index >= 15 is 0 Å². The molecule has 0 saturated carbocycles. The number of aromatic nitrogens is 2. The molecule has 3 aromatic heterocycles. The number of aryl methyl sites for hydroxylation is 2. The average Bonchev–Trinajstić information content (AvgIpc) is 3.33. The van der Waals surface area contributed by atoms with Gasteiger partial charge in [-0.25, -0.2) is 0 Å². The van der Waals surface area contributed by atoms with Crippen LogP contribution in [0.3, 0.4) is 0 Å². The van der Waals surface area contributed by atoms with Crippen LogP contribution in [0.4, 0.5) is 0 Å². The van der Waals surface area contributed by atoms with Gasteiger partial charge in [0.15, 0.2) is 5.82 Å². The van der Waals surface area contributed by atoms with Crippen molar-refractivity contribution in [3.63, 3.8) is 0 Å². The molecule has 4 heterocycles. The molecular weight excluding hydrogens is 326 g/mol. The van der Waals surface area contributed by atoms with Crippen molar-refractivity contribution in [2.75, 3.05) is 13.1 Å². The van der Waals surface area contributed by atoms with Gasteiger partial charge in [0.25, 0.3) is 11.8 Å². The molecule has 0 radical (unpaired) electrons. The van der Waals surface area contributed by atoms with Crippen LogP contribution in [0.5, 0.6) is 0 Å². The first-order valence-corrected chi connectivity index (χ1v) is 8.78. The van der Waals surface area contributed by atoms with Crippen LogP contribution in [-0.4, -0.2) is 34.0 Å². The summed E-state index contributed by atoms with van der Waals surface area (Å²) < 4.78 is 10.8. The summed E-state index contributed by atoms with van der Waals surface area (Å²) in [5.41, 5.74) is 1.58. The quantitative estimate of drug-likeness (QED) is 0.726. The van der Waals surface area contributed by atoms with Crippen LogP contribution < -0.4 is 0 Å². The van der Waals surface area contributed by atoms with Crippen molar-refractivity contribution in [3.05, 3.63) is 45.8 Å². The van der Waals surface area contributed by atoms with Crippen molar-refractivity contribution in [3.8, 4) is 11.5 Å². The Morgan fingerprint density at radius 3 is 3.00 bits per heavy atom. The maximum atomic E-state index is 12.7. The van der Waals surface area contributed by atoms with Crippen molar-refractivity contribution in [2.24, 2.45) is 0 Å². The minimum atomic E-state index is 0.00778. The lowest BCUT2D eigenvalue weighted by molar-refractivity contribution is 0.0788. The van der Waals surface area contributed by atoms with Gasteiger partial charge in [-0.05, 0) is 37.8 Å². The van der Waals surface area contributed by atoms with Crippen LogP contribution >= 0.6 is 11.3 Å². The molecule has 0 aliphatic carbocycles. The van der Waals surface area contributed by atoms with Crippen molar-refractivity contribution < 1.29 is 13.7 Å². The fraction of sp³-hybridized carbons (Fsp3) is 0.353. The minimum absolute atomic E-state index is 0.00778. The van der Waals surface area contributed by atoms with Crippen molar-refractivity contribution in [2.45, 2.75) is 26.2 Å². The summed E-state index contributed by atoms with van der Waals surface area (Å²) in [4.78, 5) is 19.0. The van der Waals surface area contributed by atoms with Crippen molar-refractivity contribution >= 4 is 17.2 Å². The molecule has 1 aliphatic heterocycles. The third-order valence-electron chi connectivity index (χ3n) is 4.32. The Bertz CT molecular complexity index is 866. The number of hydrogen-bond donors (Lipinski definition) is 0. The zero-order valence-corrected chi connectivity index (χ0v) is 14.3. The molecule has 1 fully saturated rings. The average molecular weight is 343 g/mol. The number of rotatable bonds is 3. The van der Waals surface area contributed by atoms with Gasteiger partial charge >= 0.3 is 0 Å². The third kappa shape index (κ3) is 2.65. The van der Waals surface area contributed by atoms with E-state index < -0.39 is 0 Å². The second-order valence-corrected chi connectivity index (χ2v) is 6.81. The SMILES string of the molecule is Cc1cc(C(=O)N2CC[C@H](c3noc(-c4ccsc4)n3)C2)c(C)o1. The zero-order valence-electron chi connectivity index (χ0n) is 13.5. The first-order chi connectivity index (χ1) is 11.6. The molecule has 0 N–H and O–H groups in total. The van der Waals surface area contributed by atoms with Gasteiger partial charge in [-0.2, -0.15) is 16.3 Å². The predicted octanol–water partition coefficient (Wildman–Crippen LogP) is 3.64. The monoisotopic (exact) mass is 343 g/mol. The van der Waals surface area contributed by atoms with Crippen molar-refractivity contribution in [1.29, 1.82) is 0 Å². The van der Waals surface area contributed by atoms with Crippen LogP contribution in [0, 0.1) is 13.8 Å². The van der Waals surface area contributed by atoms with Crippen LogP contribution in [0.1, 0.15) is 40.0 Å². The fourth-order valence-corrected chi connectivity index (χ4v) is 3.70. The largest absolute Gasteiger partial charge is 0.466 e. The van der Waals surface area contributed by atoms with Crippen LogP contribution in [0.25, 0.3) is 11.5 Å². The Balaban J connectivity index is 1.48. The highest BCUT2D eigenvalue weighted by Gasteiger charge is 2.32. The molecule has 0 bridgehead atoms. The molecule has 0 spiro atoms. The number of furan rings is 1. The molecule has 24 heavy (non-hydrogen) atoms. The highest BCUT2D eigenvalue weighted by Crippen LogP contribution is 2.29. The third-order valence-corrected chi connectivity index (χ3v) is 5.01. The van der Waals surface area contributed by atoms with E-state index in [1.165, 1.54) is 0 Å². The predicted molar refractivity (Wildman–Crippen MR) is 89.1 cm³/mol. The molecule has 4 rings (SSSR count). The Morgan fingerprint density at radius 1 is 1.42 bits per heavy atom. The Kier molecular flexibility index (Phi) is 3.72. The van der Waals surface area contributed by atoms with E-state index in [4.69, 9.17) is 8.94 Å². The highest BCUT2D eigenvalue weighted by molar-refractivity contribution is 7.08. The smallest absolute Gasteiger partial charge is 0.258 e. The Hall–Kier alpha value is -2.41. The Morgan fingerprint density at radius 2 is 2.29 bits per heavy atom. The first-order valence-electron chi connectivity index (χ1n) is 7.84. The number of likely N-dealkylation sites (tertiary alicyclic amines) is 1. The lowest BCUT2D eigenvalue weighted by atomic mass is 10.1. The second kappa shape index (κ2) is 5.90. The van der Waals surface area contributed by atoms with Gasteiger partial charge in [-0.15, -0.1) is 0 Å². The highest BCUT2D eigenvalue weighted by atomic mass is 32.1. The van der Waals surface area contributed by atoms with Gasteiger partial charge < -0.3 is 13.8 Å². The number of thiophene rings is 1. The van der Waals surface area contributed by atoms with E-state index in [1.807, 2.05) is 35.6 Å². The zero-order chi connectivity index (χ0) is 16.7. The molecule has 1 saturated heterocycles. The van der Waals surface area contributed by atoms with Gasteiger partial charge in [-0.3, -0.25) is 4.79 Å². The van der Waals surface area contributed by atoms with Gasteiger partial charge in [0.1, 0.15) is 11.5 Å². The van der Waals surface area contributed by atoms with E-state index in [0.717, 1.165) is 17.7 Å².